The first kappa shape index (κ1) is 21.7. The molecule has 152 valence electrons. The maximum absolute atomic E-state index is 12.8. The van der Waals surface area contributed by atoms with Crippen molar-refractivity contribution in [3.63, 3.8) is 0 Å². The molecule has 0 heterocycles. The lowest BCUT2D eigenvalue weighted by molar-refractivity contribution is -0.131. The lowest BCUT2D eigenvalue weighted by atomic mass is 10.1. The van der Waals surface area contributed by atoms with Crippen LogP contribution in [0.2, 0.25) is 0 Å². The van der Waals surface area contributed by atoms with Gasteiger partial charge in [0.1, 0.15) is 10.6 Å². The Morgan fingerprint density at radius 3 is 2.30 bits per heavy atom. The molecule has 6 nitrogen and oxygen atoms in total. The number of sulfonamides is 1. The summed E-state index contributed by atoms with van der Waals surface area (Å²) in [6.45, 7) is 5.92. The molecule has 1 N–H and O–H groups in total. The number of aryl methyl sites for hydroxylation is 2. The fraction of sp³-hybridized carbons (Fsp3) is 0.650. The summed E-state index contributed by atoms with van der Waals surface area (Å²) in [6.07, 6.45) is 6.66. The van der Waals surface area contributed by atoms with E-state index in [4.69, 9.17) is 4.74 Å². The maximum Gasteiger partial charge on any atom is 0.244 e. The van der Waals surface area contributed by atoms with Gasteiger partial charge < -0.3 is 9.64 Å². The first-order valence-electron chi connectivity index (χ1n) is 9.68. The number of nitrogens with one attached hydrogen (secondary N) is 1. The average Bonchev–Trinajstić information content (AvgIpc) is 2.89. The highest BCUT2D eigenvalue weighted by molar-refractivity contribution is 7.89. The molecule has 1 aliphatic carbocycles. The second kappa shape index (κ2) is 9.55. The van der Waals surface area contributed by atoms with Gasteiger partial charge in [0.2, 0.25) is 15.9 Å². The Hall–Kier alpha value is -1.60. The lowest BCUT2D eigenvalue weighted by Gasteiger charge is -2.30. The van der Waals surface area contributed by atoms with Gasteiger partial charge in [-0.15, -0.1) is 0 Å². The molecular weight excluding hydrogens is 364 g/mol. The van der Waals surface area contributed by atoms with E-state index in [-0.39, 0.29) is 23.4 Å². The third-order valence-electron chi connectivity index (χ3n) is 5.38. The van der Waals surface area contributed by atoms with Crippen LogP contribution in [0.4, 0.5) is 0 Å². The third kappa shape index (κ3) is 5.69. The van der Waals surface area contributed by atoms with E-state index in [9.17, 15) is 13.2 Å². The number of rotatable bonds is 7. The van der Waals surface area contributed by atoms with Crippen molar-refractivity contribution in [3.8, 4) is 5.75 Å². The van der Waals surface area contributed by atoms with Gasteiger partial charge in [-0.1, -0.05) is 25.7 Å². The number of benzene rings is 1. The minimum Gasteiger partial charge on any atom is -0.495 e. The predicted molar refractivity (Wildman–Crippen MR) is 107 cm³/mol. The maximum atomic E-state index is 12.8. The van der Waals surface area contributed by atoms with Crippen molar-refractivity contribution in [1.29, 1.82) is 0 Å². The quantitative estimate of drug-likeness (QED) is 0.719. The summed E-state index contributed by atoms with van der Waals surface area (Å²) >= 11 is 0. The summed E-state index contributed by atoms with van der Waals surface area (Å²) < 4.78 is 33.4. The fourth-order valence-electron chi connectivity index (χ4n) is 3.68. The van der Waals surface area contributed by atoms with Crippen molar-refractivity contribution in [3.05, 3.63) is 23.3 Å². The molecular formula is C20H32N2O4S. The summed E-state index contributed by atoms with van der Waals surface area (Å²) in [5, 5.41) is 0. The van der Waals surface area contributed by atoms with E-state index >= 15 is 0 Å². The molecule has 27 heavy (non-hydrogen) atoms. The number of nitrogens with zero attached hydrogens (tertiary/aromatic N) is 1. The fourth-order valence-corrected chi connectivity index (χ4v) is 4.93. The van der Waals surface area contributed by atoms with Crippen LogP contribution in [0.3, 0.4) is 0 Å². The van der Waals surface area contributed by atoms with Crippen LogP contribution in [0, 0.1) is 13.8 Å². The minimum atomic E-state index is -3.71. The van der Waals surface area contributed by atoms with E-state index in [1.54, 1.807) is 19.1 Å². The number of methoxy groups -OCH3 is 1. The van der Waals surface area contributed by atoms with Gasteiger partial charge in [0, 0.05) is 26.1 Å². The Labute approximate surface area is 163 Å². The average molecular weight is 397 g/mol. The number of hydrogen-bond acceptors (Lipinski definition) is 4. The zero-order valence-corrected chi connectivity index (χ0v) is 17.7. The summed E-state index contributed by atoms with van der Waals surface area (Å²) in [7, 11) is -2.25. The van der Waals surface area contributed by atoms with Gasteiger partial charge in [-0.25, -0.2) is 13.1 Å². The van der Waals surface area contributed by atoms with Crippen molar-refractivity contribution < 1.29 is 17.9 Å². The Balaban J connectivity index is 2.07. The van der Waals surface area contributed by atoms with Crippen molar-refractivity contribution in [2.45, 2.75) is 70.2 Å². The van der Waals surface area contributed by atoms with E-state index in [2.05, 4.69) is 4.72 Å². The first-order valence-corrected chi connectivity index (χ1v) is 11.2. The lowest BCUT2D eigenvalue weighted by Crippen LogP contribution is -2.43. The number of carbonyl (C=O) groups excluding carboxylic acids is 1. The SMILES string of the molecule is COc1cc(C)c(C)cc1S(=O)(=O)NCCN(C(C)=O)C1CCCCCC1. The molecule has 1 aromatic rings. The van der Waals surface area contributed by atoms with Crippen molar-refractivity contribution in [1.82, 2.24) is 9.62 Å². The van der Waals surface area contributed by atoms with E-state index in [1.807, 2.05) is 18.7 Å². The largest absolute Gasteiger partial charge is 0.495 e. The molecule has 1 fully saturated rings. The van der Waals surface area contributed by atoms with Crippen LogP contribution in [-0.2, 0) is 14.8 Å². The van der Waals surface area contributed by atoms with Gasteiger partial charge in [0.15, 0.2) is 0 Å². The molecule has 2 rings (SSSR count). The van der Waals surface area contributed by atoms with Gasteiger partial charge in [-0.3, -0.25) is 4.79 Å². The molecule has 7 heteroatoms. The van der Waals surface area contributed by atoms with E-state index in [0.717, 1.165) is 36.8 Å². The van der Waals surface area contributed by atoms with Crippen LogP contribution in [-0.4, -0.2) is 45.5 Å². The summed E-state index contributed by atoms with van der Waals surface area (Å²) in [6, 6.07) is 3.58. The standard InChI is InChI=1S/C20H32N2O4S/c1-15-13-19(26-4)20(14-16(15)2)27(24,25)21-11-12-22(17(3)23)18-9-7-5-6-8-10-18/h13-14,18,21H,5-12H2,1-4H3. The van der Waals surface area contributed by atoms with Crippen LogP contribution in [0.5, 0.6) is 5.75 Å². The van der Waals surface area contributed by atoms with Crippen LogP contribution in [0.1, 0.15) is 56.6 Å². The zero-order chi connectivity index (χ0) is 20.0. The molecule has 0 atom stereocenters. The highest BCUT2D eigenvalue weighted by atomic mass is 32.2. The molecule has 0 aromatic heterocycles. The van der Waals surface area contributed by atoms with E-state index < -0.39 is 10.0 Å². The molecule has 0 aliphatic heterocycles. The Morgan fingerprint density at radius 1 is 1.15 bits per heavy atom. The molecule has 0 unspecified atom stereocenters. The predicted octanol–water partition coefficient (Wildman–Crippen LogP) is 3.16. The molecule has 0 spiro atoms. The van der Waals surface area contributed by atoms with Crippen LogP contribution >= 0.6 is 0 Å². The van der Waals surface area contributed by atoms with Gasteiger partial charge in [0.25, 0.3) is 0 Å². The minimum absolute atomic E-state index is 0.00450. The number of carbonyl (C=O) groups is 1. The highest BCUT2D eigenvalue weighted by Gasteiger charge is 2.24. The Bertz CT molecular complexity index is 753. The molecule has 1 saturated carbocycles. The molecule has 0 saturated heterocycles. The number of amides is 1. The topological polar surface area (TPSA) is 75.7 Å². The van der Waals surface area contributed by atoms with Gasteiger partial charge in [-0.2, -0.15) is 0 Å². The molecule has 1 aromatic carbocycles. The van der Waals surface area contributed by atoms with E-state index in [1.165, 1.54) is 20.0 Å². The molecule has 1 amide bonds. The summed E-state index contributed by atoms with van der Waals surface area (Å²) in [4.78, 5) is 14.1. The summed E-state index contributed by atoms with van der Waals surface area (Å²) in [5.41, 5.74) is 1.86. The number of ether oxygens (including phenoxy) is 1. The highest BCUT2D eigenvalue weighted by Crippen LogP contribution is 2.27. The zero-order valence-electron chi connectivity index (χ0n) is 16.9. The Morgan fingerprint density at radius 2 is 1.74 bits per heavy atom. The van der Waals surface area contributed by atoms with Crippen molar-refractivity contribution >= 4 is 15.9 Å². The first-order chi connectivity index (χ1) is 12.8. The summed E-state index contributed by atoms with van der Waals surface area (Å²) in [5.74, 6) is 0.336. The van der Waals surface area contributed by atoms with Crippen LogP contribution < -0.4 is 9.46 Å². The van der Waals surface area contributed by atoms with Crippen molar-refractivity contribution in [2.24, 2.45) is 0 Å². The van der Waals surface area contributed by atoms with Crippen LogP contribution in [0.15, 0.2) is 17.0 Å². The van der Waals surface area contributed by atoms with Gasteiger partial charge in [0.05, 0.1) is 7.11 Å². The monoisotopic (exact) mass is 396 g/mol. The second-order valence-electron chi connectivity index (χ2n) is 7.34. The van der Waals surface area contributed by atoms with Crippen molar-refractivity contribution in [2.75, 3.05) is 20.2 Å². The normalized spacial score (nSPS) is 16.0. The van der Waals surface area contributed by atoms with Gasteiger partial charge in [-0.05, 0) is 49.9 Å². The molecule has 0 bridgehead atoms. The number of hydrogen-bond donors (Lipinski definition) is 1. The Kier molecular flexibility index (Phi) is 7.68. The van der Waals surface area contributed by atoms with Crippen LogP contribution in [0.25, 0.3) is 0 Å². The van der Waals surface area contributed by atoms with E-state index in [0.29, 0.717) is 12.3 Å². The third-order valence-corrected chi connectivity index (χ3v) is 6.87. The second-order valence-corrected chi connectivity index (χ2v) is 9.08. The smallest absolute Gasteiger partial charge is 0.244 e. The van der Waals surface area contributed by atoms with Gasteiger partial charge >= 0.3 is 0 Å². The molecule has 0 radical (unpaired) electrons. The molecule has 1 aliphatic rings.